The molecule has 0 aromatic carbocycles. The predicted octanol–water partition coefficient (Wildman–Crippen LogP) is 16.0. The number of likely N-dealkylation sites (N-methyl/N-ethyl adjacent to an activating group) is 1. The number of ether oxygens (including phenoxy) is 2. The first kappa shape index (κ1) is 61.7. The van der Waals surface area contributed by atoms with E-state index in [0.29, 0.717) is 24.1 Å². The Morgan fingerprint density at radius 1 is 0.500 bits per heavy atom. The second-order valence-corrected chi connectivity index (χ2v) is 19.6. The van der Waals surface area contributed by atoms with Crippen LogP contribution in [0.25, 0.3) is 0 Å². The average Bonchev–Trinajstić information content (AvgIpc) is 3.25. The van der Waals surface area contributed by atoms with E-state index in [4.69, 9.17) is 18.5 Å². The highest BCUT2D eigenvalue weighted by Gasteiger charge is 2.26. The summed E-state index contributed by atoms with van der Waals surface area (Å²) in [5.41, 5.74) is 0. The fraction of sp³-hybridized carbons (Fsp3) is 0.727. The van der Waals surface area contributed by atoms with Crippen LogP contribution < -0.4 is 0 Å². The molecule has 0 bridgehead atoms. The molecule has 0 aliphatic heterocycles. The monoisotopic (exact) mass is 917 g/mol. The van der Waals surface area contributed by atoms with Gasteiger partial charge in [-0.25, -0.2) is 4.57 Å². The van der Waals surface area contributed by atoms with Crippen molar-refractivity contribution in [1.29, 1.82) is 0 Å². The Kier molecular flexibility index (Phi) is 45.5. The molecule has 370 valence electrons. The van der Waals surface area contributed by atoms with Crippen molar-refractivity contribution in [2.45, 2.75) is 206 Å². The summed E-state index contributed by atoms with van der Waals surface area (Å²) in [6.07, 6.45) is 63.4. The summed E-state index contributed by atoms with van der Waals surface area (Å²) in [5.74, 6) is -0.324. The number of esters is 1. The molecule has 1 N–H and O–H groups in total. The highest BCUT2D eigenvalue weighted by Crippen LogP contribution is 2.43. The van der Waals surface area contributed by atoms with Crippen molar-refractivity contribution in [2.24, 2.45) is 0 Å². The molecule has 2 unspecified atom stereocenters. The number of unbranched alkanes of at least 4 members (excludes halogenated alkanes) is 19. The van der Waals surface area contributed by atoms with Crippen LogP contribution in [0.5, 0.6) is 0 Å². The van der Waals surface area contributed by atoms with E-state index in [1.807, 2.05) is 21.1 Å². The lowest BCUT2D eigenvalue weighted by molar-refractivity contribution is -0.870. The number of phosphoric acid groups is 1. The number of hydrogen-bond donors (Lipinski definition) is 1. The van der Waals surface area contributed by atoms with Crippen molar-refractivity contribution in [3.05, 3.63) is 85.1 Å². The molecule has 0 heterocycles. The number of hydrogen-bond acceptors (Lipinski definition) is 6. The van der Waals surface area contributed by atoms with Crippen LogP contribution in [0.2, 0.25) is 0 Å². The van der Waals surface area contributed by atoms with Crippen LogP contribution in [0.1, 0.15) is 200 Å². The maximum absolute atomic E-state index is 12.7. The highest BCUT2D eigenvalue weighted by atomic mass is 31.2. The summed E-state index contributed by atoms with van der Waals surface area (Å²) in [4.78, 5) is 23.0. The minimum atomic E-state index is -4.29. The third-order valence-corrected chi connectivity index (χ3v) is 11.7. The summed E-state index contributed by atoms with van der Waals surface area (Å²) in [6, 6.07) is 0. The molecule has 0 aromatic heterocycles. The number of rotatable bonds is 47. The summed E-state index contributed by atoms with van der Waals surface area (Å²) in [7, 11) is 1.64. The van der Waals surface area contributed by atoms with Gasteiger partial charge in [0.2, 0.25) is 0 Å². The van der Waals surface area contributed by atoms with Gasteiger partial charge in [-0.3, -0.25) is 13.8 Å². The molecule has 0 aliphatic carbocycles. The Hall–Kier alpha value is -2.32. The lowest BCUT2D eigenvalue weighted by atomic mass is 10.0. The molecule has 8 nitrogen and oxygen atoms in total. The normalized spacial score (nSPS) is 14.3. The second-order valence-electron chi connectivity index (χ2n) is 18.2. The first-order valence-electron chi connectivity index (χ1n) is 25.8. The quantitative estimate of drug-likeness (QED) is 0.0214. The van der Waals surface area contributed by atoms with Crippen molar-refractivity contribution in [2.75, 3.05) is 54.1 Å². The Bertz CT molecular complexity index is 1300. The van der Waals surface area contributed by atoms with Crippen molar-refractivity contribution in [3.8, 4) is 0 Å². The van der Waals surface area contributed by atoms with E-state index in [1.54, 1.807) is 0 Å². The van der Waals surface area contributed by atoms with Crippen molar-refractivity contribution in [1.82, 2.24) is 0 Å². The van der Waals surface area contributed by atoms with E-state index in [2.05, 4.69) is 98.9 Å². The van der Waals surface area contributed by atoms with Crippen molar-refractivity contribution >= 4 is 13.8 Å². The summed E-state index contributed by atoms with van der Waals surface area (Å²) < 4.78 is 35.1. The van der Waals surface area contributed by atoms with Gasteiger partial charge in [-0.15, -0.1) is 0 Å². The molecule has 0 spiro atoms. The van der Waals surface area contributed by atoms with Crippen LogP contribution in [0, 0.1) is 0 Å². The van der Waals surface area contributed by atoms with Gasteiger partial charge in [0.15, 0.2) is 0 Å². The van der Waals surface area contributed by atoms with Gasteiger partial charge < -0.3 is 18.9 Å². The standard InChI is InChI=1S/C55H98NO7P/c1-6-8-10-12-14-16-18-20-22-24-25-26-27-28-29-30-31-32-33-35-37-39-41-43-45-47-50-60-52-54(53-62-64(58,59)61-51-49-56(3,4)5)63-55(57)48-46-44-42-40-38-36-34-23-21-19-17-15-13-11-9-7-2/h8,10,14,16,20,22,25-26,28-29,31-32,35,37,54H,6-7,9,11-13,15,17-19,21,23-24,27,30,33-34,36,38-53H2,1-5H3/p+1/b10-8-,16-14-,22-20-,26-25-,29-28-,32-31-,37-35-. The average molecular weight is 917 g/mol. The minimum Gasteiger partial charge on any atom is -0.457 e. The molecule has 0 saturated heterocycles. The van der Waals surface area contributed by atoms with Crippen LogP contribution in [0.15, 0.2) is 85.1 Å². The molecule has 0 rings (SSSR count). The second kappa shape index (κ2) is 47.2. The van der Waals surface area contributed by atoms with Gasteiger partial charge >= 0.3 is 13.8 Å². The van der Waals surface area contributed by atoms with Gasteiger partial charge in [-0.1, -0.05) is 208 Å². The van der Waals surface area contributed by atoms with Crippen LogP contribution >= 0.6 is 7.82 Å². The fourth-order valence-electron chi connectivity index (χ4n) is 6.77. The van der Waals surface area contributed by atoms with Gasteiger partial charge in [-0.2, -0.15) is 0 Å². The van der Waals surface area contributed by atoms with Crippen LogP contribution in [-0.2, 0) is 27.9 Å². The van der Waals surface area contributed by atoms with E-state index in [1.165, 1.54) is 83.5 Å². The van der Waals surface area contributed by atoms with Gasteiger partial charge in [0.05, 0.1) is 34.4 Å². The molecular weight excluding hydrogens is 818 g/mol. The lowest BCUT2D eigenvalue weighted by Gasteiger charge is -2.24. The maximum atomic E-state index is 12.7. The first-order valence-corrected chi connectivity index (χ1v) is 27.3. The number of allylic oxidation sites excluding steroid dienone is 14. The third-order valence-electron chi connectivity index (χ3n) is 10.7. The van der Waals surface area contributed by atoms with E-state index < -0.39 is 13.9 Å². The van der Waals surface area contributed by atoms with Gasteiger partial charge in [0.1, 0.15) is 19.3 Å². The predicted molar refractivity (Wildman–Crippen MR) is 275 cm³/mol. The van der Waals surface area contributed by atoms with E-state index in [-0.39, 0.29) is 25.8 Å². The van der Waals surface area contributed by atoms with Gasteiger partial charge in [0.25, 0.3) is 0 Å². The smallest absolute Gasteiger partial charge is 0.457 e. The molecule has 0 saturated carbocycles. The molecule has 0 amide bonds. The number of phosphoric ester groups is 1. The molecule has 0 aromatic rings. The van der Waals surface area contributed by atoms with Crippen molar-refractivity contribution in [3.63, 3.8) is 0 Å². The molecule has 0 fully saturated rings. The Labute approximate surface area is 395 Å². The number of carbonyl (C=O) groups is 1. The molecule has 0 aliphatic rings. The fourth-order valence-corrected chi connectivity index (χ4v) is 7.51. The first-order chi connectivity index (χ1) is 31.1. The molecule has 0 radical (unpaired) electrons. The van der Waals surface area contributed by atoms with E-state index >= 15 is 0 Å². The minimum absolute atomic E-state index is 0.0801. The Balaban J connectivity index is 4.21. The zero-order chi connectivity index (χ0) is 46.9. The summed E-state index contributed by atoms with van der Waals surface area (Å²) in [6.45, 7) is 5.45. The number of quaternary nitrogens is 1. The maximum Gasteiger partial charge on any atom is 0.472 e. The SMILES string of the molecule is CC/C=C\C/C=C\C/C=C\C/C=C\C/C=C\C/C=C\C/C=C\CCCCCCOCC(COP(=O)(O)OCC[N+](C)(C)C)OC(=O)CCCCCCCCCCCCCCCCCC. The molecular formula is C55H99NO7P+. The Morgan fingerprint density at radius 2 is 0.906 bits per heavy atom. The molecule has 64 heavy (non-hydrogen) atoms. The summed E-state index contributed by atoms with van der Waals surface area (Å²) in [5, 5.41) is 0. The zero-order valence-electron chi connectivity index (χ0n) is 42.0. The lowest BCUT2D eigenvalue weighted by Crippen LogP contribution is -2.37. The number of carbonyl (C=O) groups excluding carboxylic acids is 1. The van der Waals surface area contributed by atoms with Crippen LogP contribution in [0.3, 0.4) is 0 Å². The van der Waals surface area contributed by atoms with Crippen LogP contribution in [-0.4, -0.2) is 75.6 Å². The van der Waals surface area contributed by atoms with Gasteiger partial charge in [0, 0.05) is 13.0 Å². The molecule has 9 heteroatoms. The zero-order valence-corrected chi connectivity index (χ0v) is 42.9. The summed E-state index contributed by atoms with van der Waals surface area (Å²) >= 11 is 0. The van der Waals surface area contributed by atoms with Crippen LogP contribution in [0.4, 0.5) is 0 Å². The third kappa shape index (κ3) is 50.7. The largest absolute Gasteiger partial charge is 0.472 e. The van der Waals surface area contributed by atoms with Gasteiger partial charge in [-0.05, 0) is 70.6 Å². The Morgan fingerprint density at radius 3 is 1.36 bits per heavy atom. The molecule has 2 atom stereocenters. The van der Waals surface area contributed by atoms with E-state index in [9.17, 15) is 14.3 Å². The topological polar surface area (TPSA) is 91.3 Å². The highest BCUT2D eigenvalue weighted by molar-refractivity contribution is 7.47. The van der Waals surface area contributed by atoms with Crippen molar-refractivity contribution < 1.29 is 37.3 Å². The van der Waals surface area contributed by atoms with E-state index in [0.717, 1.165) is 96.3 Å². The number of nitrogens with zero attached hydrogens (tertiary/aromatic N) is 1.